The lowest BCUT2D eigenvalue weighted by atomic mass is 10.1. The summed E-state index contributed by atoms with van der Waals surface area (Å²) in [5.74, 6) is 0.457. The highest BCUT2D eigenvalue weighted by molar-refractivity contribution is 7.90. The Kier molecular flexibility index (Phi) is 5.05. The quantitative estimate of drug-likeness (QED) is 0.843. The fourth-order valence-corrected chi connectivity index (χ4v) is 2.91. The summed E-state index contributed by atoms with van der Waals surface area (Å²) in [7, 11) is -0.0967. The molecule has 0 heterocycles. The number of sulfone groups is 1. The lowest BCUT2D eigenvalue weighted by molar-refractivity contribution is 0.0784. The first kappa shape index (κ1) is 17.0. The molecular weight excluding hydrogens is 314 g/mol. The average Bonchev–Trinajstić information content (AvgIpc) is 2.54. The molecule has 0 aliphatic carbocycles. The van der Waals surface area contributed by atoms with Crippen LogP contribution in [-0.2, 0) is 16.4 Å². The largest absolute Gasteiger partial charge is 0.496 e. The molecule has 0 aliphatic heterocycles. The highest BCUT2D eigenvalue weighted by atomic mass is 32.2. The zero-order chi connectivity index (χ0) is 17.0. The van der Waals surface area contributed by atoms with E-state index in [1.807, 2.05) is 24.3 Å². The van der Waals surface area contributed by atoms with E-state index in [9.17, 15) is 13.2 Å². The van der Waals surface area contributed by atoms with E-state index in [4.69, 9.17) is 4.74 Å². The summed E-state index contributed by atoms with van der Waals surface area (Å²) < 4.78 is 28.5. The number of ether oxygens (including phenoxy) is 1. The van der Waals surface area contributed by atoms with Crippen LogP contribution in [0.15, 0.2) is 53.4 Å². The monoisotopic (exact) mass is 333 g/mol. The maximum absolute atomic E-state index is 12.5. The molecule has 0 N–H and O–H groups in total. The van der Waals surface area contributed by atoms with E-state index in [1.54, 1.807) is 26.3 Å². The van der Waals surface area contributed by atoms with Crippen LogP contribution in [0.5, 0.6) is 5.75 Å². The molecule has 23 heavy (non-hydrogen) atoms. The zero-order valence-electron chi connectivity index (χ0n) is 13.3. The number of rotatable bonds is 5. The Morgan fingerprint density at radius 1 is 1.13 bits per heavy atom. The lowest BCUT2D eigenvalue weighted by Gasteiger charge is -2.19. The predicted octanol–water partition coefficient (Wildman–Crippen LogP) is 2.37. The molecule has 2 rings (SSSR count). The van der Waals surface area contributed by atoms with Gasteiger partial charge in [0, 0.05) is 31.0 Å². The van der Waals surface area contributed by atoms with Gasteiger partial charge in [-0.1, -0.05) is 24.3 Å². The van der Waals surface area contributed by atoms with E-state index in [1.165, 1.54) is 17.0 Å². The van der Waals surface area contributed by atoms with Gasteiger partial charge in [0.2, 0.25) is 0 Å². The Bertz CT molecular complexity index is 815. The van der Waals surface area contributed by atoms with Crippen LogP contribution in [0.25, 0.3) is 0 Å². The molecule has 0 fully saturated rings. The minimum absolute atomic E-state index is 0.133. The van der Waals surface area contributed by atoms with E-state index in [0.717, 1.165) is 11.8 Å². The second-order valence-corrected chi connectivity index (χ2v) is 7.29. The molecule has 0 atom stereocenters. The number of para-hydroxylation sites is 1. The molecule has 6 heteroatoms. The van der Waals surface area contributed by atoms with Gasteiger partial charge in [0.25, 0.3) is 5.91 Å². The number of hydrogen-bond acceptors (Lipinski definition) is 4. The second-order valence-electron chi connectivity index (χ2n) is 5.27. The topological polar surface area (TPSA) is 63.7 Å². The Morgan fingerprint density at radius 2 is 1.83 bits per heavy atom. The third kappa shape index (κ3) is 4.10. The average molecular weight is 333 g/mol. The van der Waals surface area contributed by atoms with Gasteiger partial charge in [-0.2, -0.15) is 0 Å². The van der Waals surface area contributed by atoms with Crippen molar-refractivity contribution in [2.75, 3.05) is 20.4 Å². The smallest absolute Gasteiger partial charge is 0.253 e. The standard InChI is InChI=1S/C17H19NO4S/c1-18(12-14-7-4-5-10-16(14)22-2)17(19)13-8-6-9-15(11-13)23(3,20)21/h4-11H,12H2,1-3H3. The maximum atomic E-state index is 12.5. The summed E-state index contributed by atoms with van der Waals surface area (Å²) >= 11 is 0. The molecule has 0 unspecified atom stereocenters. The van der Waals surface area contributed by atoms with E-state index < -0.39 is 9.84 Å². The molecule has 0 spiro atoms. The van der Waals surface area contributed by atoms with Crippen molar-refractivity contribution in [3.05, 3.63) is 59.7 Å². The fourth-order valence-electron chi connectivity index (χ4n) is 2.24. The number of carbonyl (C=O) groups is 1. The van der Waals surface area contributed by atoms with Crippen molar-refractivity contribution in [2.24, 2.45) is 0 Å². The van der Waals surface area contributed by atoms with Crippen molar-refractivity contribution in [1.82, 2.24) is 4.90 Å². The Morgan fingerprint density at radius 3 is 2.48 bits per heavy atom. The van der Waals surface area contributed by atoms with Gasteiger partial charge in [-0.25, -0.2) is 8.42 Å². The first-order valence-electron chi connectivity index (χ1n) is 7.00. The Labute approximate surface area is 136 Å². The number of amides is 1. The van der Waals surface area contributed by atoms with E-state index in [-0.39, 0.29) is 10.8 Å². The van der Waals surface area contributed by atoms with Crippen LogP contribution in [0.4, 0.5) is 0 Å². The summed E-state index contributed by atoms with van der Waals surface area (Å²) in [6, 6.07) is 13.5. The van der Waals surface area contributed by atoms with Crippen molar-refractivity contribution in [1.29, 1.82) is 0 Å². The van der Waals surface area contributed by atoms with Gasteiger partial charge in [0.1, 0.15) is 5.75 Å². The summed E-state index contributed by atoms with van der Waals surface area (Å²) in [5, 5.41) is 0. The van der Waals surface area contributed by atoms with Crippen molar-refractivity contribution >= 4 is 15.7 Å². The maximum Gasteiger partial charge on any atom is 0.253 e. The summed E-state index contributed by atoms with van der Waals surface area (Å²) in [4.78, 5) is 14.2. The van der Waals surface area contributed by atoms with Crippen LogP contribution < -0.4 is 4.74 Å². The summed E-state index contributed by atoms with van der Waals surface area (Å²) in [5.41, 5.74) is 1.22. The molecule has 2 aromatic carbocycles. The first-order chi connectivity index (χ1) is 10.8. The van der Waals surface area contributed by atoms with Crippen LogP contribution in [0.2, 0.25) is 0 Å². The Hall–Kier alpha value is -2.34. The van der Waals surface area contributed by atoms with Gasteiger partial charge in [0.05, 0.1) is 12.0 Å². The van der Waals surface area contributed by atoms with Gasteiger partial charge in [-0.15, -0.1) is 0 Å². The fraction of sp³-hybridized carbons (Fsp3) is 0.235. The zero-order valence-corrected chi connectivity index (χ0v) is 14.1. The molecule has 2 aromatic rings. The van der Waals surface area contributed by atoms with Crippen LogP contribution >= 0.6 is 0 Å². The van der Waals surface area contributed by atoms with Crippen molar-refractivity contribution < 1.29 is 17.9 Å². The predicted molar refractivity (Wildman–Crippen MR) is 88.3 cm³/mol. The number of carbonyl (C=O) groups excluding carboxylic acids is 1. The Balaban J connectivity index is 2.23. The van der Waals surface area contributed by atoms with Crippen molar-refractivity contribution in [2.45, 2.75) is 11.4 Å². The molecule has 0 aromatic heterocycles. The minimum atomic E-state index is -3.34. The molecule has 0 radical (unpaired) electrons. The summed E-state index contributed by atoms with van der Waals surface area (Å²) in [6.07, 6.45) is 1.12. The van der Waals surface area contributed by atoms with Crippen LogP contribution in [-0.4, -0.2) is 39.6 Å². The van der Waals surface area contributed by atoms with Crippen molar-refractivity contribution in [3.8, 4) is 5.75 Å². The van der Waals surface area contributed by atoms with Crippen LogP contribution in [0, 0.1) is 0 Å². The van der Waals surface area contributed by atoms with Crippen molar-refractivity contribution in [3.63, 3.8) is 0 Å². The number of methoxy groups -OCH3 is 1. The molecule has 1 amide bonds. The molecule has 0 aliphatic rings. The van der Waals surface area contributed by atoms with E-state index >= 15 is 0 Å². The third-order valence-corrected chi connectivity index (χ3v) is 4.57. The third-order valence-electron chi connectivity index (χ3n) is 3.46. The molecule has 0 saturated heterocycles. The van der Waals surface area contributed by atoms with E-state index in [0.29, 0.717) is 17.9 Å². The minimum Gasteiger partial charge on any atom is -0.496 e. The summed E-state index contributed by atoms with van der Waals surface area (Å²) in [6.45, 7) is 0.367. The van der Waals surface area contributed by atoms with Crippen LogP contribution in [0.3, 0.4) is 0 Å². The van der Waals surface area contributed by atoms with Gasteiger partial charge < -0.3 is 9.64 Å². The van der Waals surface area contributed by atoms with Gasteiger partial charge in [0.15, 0.2) is 9.84 Å². The SMILES string of the molecule is COc1ccccc1CN(C)C(=O)c1cccc(S(C)(=O)=O)c1. The molecule has 0 bridgehead atoms. The first-order valence-corrected chi connectivity index (χ1v) is 8.89. The van der Waals surface area contributed by atoms with Gasteiger partial charge in [-0.05, 0) is 24.3 Å². The van der Waals surface area contributed by atoms with Gasteiger partial charge in [-0.3, -0.25) is 4.79 Å². The molecular formula is C17H19NO4S. The highest BCUT2D eigenvalue weighted by Gasteiger charge is 2.16. The second kappa shape index (κ2) is 6.83. The lowest BCUT2D eigenvalue weighted by Crippen LogP contribution is -2.26. The number of hydrogen-bond donors (Lipinski definition) is 0. The van der Waals surface area contributed by atoms with E-state index in [2.05, 4.69) is 0 Å². The number of benzene rings is 2. The normalized spacial score (nSPS) is 11.1. The molecule has 122 valence electrons. The molecule has 5 nitrogen and oxygen atoms in total. The van der Waals surface area contributed by atoms with Crippen LogP contribution in [0.1, 0.15) is 15.9 Å². The van der Waals surface area contributed by atoms with Gasteiger partial charge >= 0.3 is 0 Å². The molecule has 0 saturated carbocycles. The number of nitrogens with zero attached hydrogens (tertiary/aromatic N) is 1. The highest BCUT2D eigenvalue weighted by Crippen LogP contribution is 2.20.